The van der Waals surface area contributed by atoms with Crippen molar-refractivity contribution in [2.24, 2.45) is 0 Å². The van der Waals surface area contributed by atoms with Crippen LogP contribution < -0.4 is 5.32 Å². The van der Waals surface area contributed by atoms with Crippen LogP contribution in [0.15, 0.2) is 38.2 Å². The minimum absolute atomic E-state index is 0.213. The predicted octanol–water partition coefficient (Wildman–Crippen LogP) is 4.76. The molecule has 0 spiro atoms. The number of hydrogen-bond acceptors (Lipinski definition) is 3. The topological polar surface area (TPSA) is 24.9 Å². The second-order valence-corrected chi connectivity index (χ2v) is 7.70. The van der Waals surface area contributed by atoms with E-state index >= 15 is 0 Å². The highest BCUT2D eigenvalue weighted by molar-refractivity contribution is 9.12. The Balaban J connectivity index is 2.34. The van der Waals surface area contributed by atoms with Crippen molar-refractivity contribution in [2.45, 2.75) is 19.4 Å². The van der Waals surface area contributed by atoms with Gasteiger partial charge < -0.3 is 5.32 Å². The van der Waals surface area contributed by atoms with Crippen molar-refractivity contribution in [1.29, 1.82) is 0 Å². The lowest BCUT2D eigenvalue weighted by atomic mass is 10.0. The lowest BCUT2D eigenvalue weighted by Gasteiger charge is -2.18. The van der Waals surface area contributed by atoms with Crippen molar-refractivity contribution < 1.29 is 0 Å². The number of nitrogens with zero attached hydrogens (tertiary/aromatic N) is 1. The molecule has 1 N–H and O–H groups in total. The first-order valence-corrected chi connectivity index (χ1v) is 8.20. The predicted molar refractivity (Wildman–Crippen MR) is 84.1 cm³/mol. The quantitative estimate of drug-likeness (QED) is 0.797. The van der Waals surface area contributed by atoms with Crippen LogP contribution in [0.4, 0.5) is 0 Å². The SMILES string of the molecule is CCCNC(c1ccncc1)c1cc(Br)sc1Br. The van der Waals surface area contributed by atoms with Crippen LogP contribution in [0.1, 0.15) is 30.5 Å². The Morgan fingerprint density at radius 1 is 1.33 bits per heavy atom. The minimum atomic E-state index is 0.213. The molecule has 0 radical (unpaired) electrons. The lowest BCUT2D eigenvalue weighted by molar-refractivity contribution is 0.598. The van der Waals surface area contributed by atoms with Gasteiger partial charge in [-0.25, -0.2) is 0 Å². The minimum Gasteiger partial charge on any atom is -0.306 e. The van der Waals surface area contributed by atoms with Crippen molar-refractivity contribution in [3.8, 4) is 0 Å². The molecule has 1 unspecified atom stereocenters. The molecule has 5 heteroatoms. The summed E-state index contributed by atoms with van der Waals surface area (Å²) >= 11 is 8.88. The molecule has 0 saturated heterocycles. The molecule has 0 aromatic carbocycles. The summed E-state index contributed by atoms with van der Waals surface area (Å²) in [5.74, 6) is 0. The molecule has 0 saturated carbocycles. The second-order valence-electron chi connectivity index (χ2n) is 3.95. The highest BCUT2D eigenvalue weighted by Crippen LogP contribution is 2.37. The fourth-order valence-electron chi connectivity index (χ4n) is 1.80. The fraction of sp³-hybridized carbons (Fsp3) is 0.308. The summed E-state index contributed by atoms with van der Waals surface area (Å²) in [6, 6.07) is 6.50. The first-order chi connectivity index (χ1) is 8.72. The Morgan fingerprint density at radius 2 is 2.06 bits per heavy atom. The molecule has 96 valence electrons. The van der Waals surface area contributed by atoms with Gasteiger partial charge in [0, 0.05) is 12.4 Å². The van der Waals surface area contributed by atoms with Gasteiger partial charge in [-0.15, -0.1) is 11.3 Å². The molecule has 0 fully saturated rings. The average molecular weight is 390 g/mol. The second kappa shape index (κ2) is 6.80. The van der Waals surface area contributed by atoms with E-state index in [1.165, 1.54) is 14.9 Å². The number of aromatic nitrogens is 1. The maximum atomic E-state index is 4.08. The molecule has 2 nitrogen and oxygen atoms in total. The summed E-state index contributed by atoms with van der Waals surface area (Å²) in [5.41, 5.74) is 2.51. The third kappa shape index (κ3) is 3.41. The largest absolute Gasteiger partial charge is 0.306 e. The molecule has 2 rings (SSSR count). The average Bonchev–Trinajstić information content (AvgIpc) is 2.70. The number of halogens is 2. The number of thiophene rings is 1. The smallest absolute Gasteiger partial charge is 0.0761 e. The molecular formula is C13H14Br2N2S. The van der Waals surface area contributed by atoms with Gasteiger partial charge in [-0.3, -0.25) is 4.98 Å². The monoisotopic (exact) mass is 388 g/mol. The van der Waals surface area contributed by atoms with Gasteiger partial charge in [-0.1, -0.05) is 6.92 Å². The van der Waals surface area contributed by atoms with Gasteiger partial charge in [0.25, 0.3) is 0 Å². The van der Waals surface area contributed by atoms with Crippen LogP contribution >= 0.6 is 43.2 Å². The summed E-state index contributed by atoms with van der Waals surface area (Å²) in [4.78, 5) is 4.08. The molecule has 0 aliphatic heterocycles. The summed E-state index contributed by atoms with van der Waals surface area (Å²) in [7, 11) is 0. The van der Waals surface area contributed by atoms with E-state index in [4.69, 9.17) is 0 Å². The zero-order chi connectivity index (χ0) is 13.0. The Kier molecular flexibility index (Phi) is 5.36. The third-order valence-electron chi connectivity index (χ3n) is 2.63. The molecule has 2 heterocycles. The van der Waals surface area contributed by atoms with Crippen LogP contribution in [0.2, 0.25) is 0 Å². The number of hydrogen-bond donors (Lipinski definition) is 1. The molecule has 18 heavy (non-hydrogen) atoms. The van der Waals surface area contributed by atoms with E-state index in [1.807, 2.05) is 12.4 Å². The van der Waals surface area contributed by atoms with Crippen molar-refractivity contribution >= 4 is 43.2 Å². The first kappa shape index (κ1) is 14.2. The summed E-state index contributed by atoms with van der Waals surface area (Å²) in [5, 5.41) is 3.58. The fourth-order valence-corrected chi connectivity index (χ4v) is 4.70. The Hall–Kier alpha value is -0.230. The summed E-state index contributed by atoms with van der Waals surface area (Å²) < 4.78 is 2.31. The van der Waals surface area contributed by atoms with Crippen molar-refractivity contribution in [3.63, 3.8) is 0 Å². The van der Waals surface area contributed by atoms with E-state index < -0.39 is 0 Å². The van der Waals surface area contributed by atoms with Crippen LogP contribution in [0.3, 0.4) is 0 Å². The Bertz CT molecular complexity index is 499. The molecule has 0 aliphatic rings. The maximum Gasteiger partial charge on any atom is 0.0761 e. The van der Waals surface area contributed by atoms with Gasteiger partial charge in [0.05, 0.1) is 13.6 Å². The van der Waals surface area contributed by atoms with Crippen LogP contribution in [0.5, 0.6) is 0 Å². The van der Waals surface area contributed by atoms with Gasteiger partial charge in [-0.2, -0.15) is 0 Å². The zero-order valence-electron chi connectivity index (χ0n) is 9.99. The van der Waals surface area contributed by atoms with E-state index in [2.05, 4.69) is 67.3 Å². The van der Waals surface area contributed by atoms with Crippen LogP contribution in [0, 0.1) is 0 Å². The van der Waals surface area contributed by atoms with E-state index in [-0.39, 0.29) is 6.04 Å². The van der Waals surface area contributed by atoms with Crippen LogP contribution in [0.25, 0.3) is 0 Å². The summed E-state index contributed by atoms with van der Waals surface area (Å²) in [6.45, 7) is 3.17. The molecule has 0 amide bonds. The first-order valence-electron chi connectivity index (χ1n) is 5.80. The number of pyridine rings is 1. The van der Waals surface area contributed by atoms with Crippen LogP contribution in [-0.2, 0) is 0 Å². The Morgan fingerprint density at radius 3 is 2.61 bits per heavy atom. The van der Waals surface area contributed by atoms with Gasteiger partial charge in [0.1, 0.15) is 0 Å². The molecular weight excluding hydrogens is 376 g/mol. The Labute approximate surface area is 128 Å². The maximum absolute atomic E-state index is 4.08. The van der Waals surface area contributed by atoms with Crippen molar-refractivity contribution in [1.82, 2.24) is 10.3 Å². The number of nitrogens with one attached hydrogen (secondary N) is 1. The van der Waals surface area contributed by atoms with E-state index in [0.717, 1.165) is 16.8 Å². The van der Waals surface area contributed by atoms with Gasteiger partial charge in [-0.05, 0) is 74.2 Å². The van der Waals surface area contributed by atoms with Gasteiger partial charge >= 0.3 is 0 Å². The number of rotatable bonds is 5. The van der Waals surface area contributed by atoms with Crippen molar-refractivity contribution in [3.05, 3.63) is 49.3 Å². The highest BCUT2D eigenvalue weighted by atomic mass is 79.9. The molecule has 2 aromatic rings. The molecule has 0 aliphatic carbocycles. The van der Waals surface area contributed by atoms with Crippen LogP contribution in [-0.4, -0.2) is 11.5 Å². The van der Waals surface area contributed by atoms with Gasteiger partial charge in [0.2, 0.25) is 0 Å². The van der Waals surface area contributed by atoms with E-state index in [0.29, 0.717) is 0 Å². The normalized spacial score (nSPS) is 12.6. The summed E-state index contributed by atoms with van der Waals surface area (Å²) in [6.07, 6.45) is 4.79. The lowest BCUT2D eigenvalue weighted by Crippen LogP contribution is -2.23. The van der Waals surface area contributed by atoms with Gasteiger partial charge in [0.15, 0.2) is 0 Å². The highest BCUT2D eigenvalue weighted by Gasteiger charge is 2.18. The molecule has 1 atom stereocenters. The molecule has 0 bridgehead atoms. The third-order valence-corrected chi connectivity index (χ3v) is 5.02. The van der Waals surface area contributed by atoms with E-state index in [9.17, 15) is 0 Å². The molecule has 2 aromatic heterocycles. The standard InChI is InChI=1S/C13H14Br2N2S/c1-2-5-17-12(9-3-6-16-7-4-9)10-8-11(14)18-13(10)15/h3-4,6-8,12,17H,2,5H2,1H3. The van der Waals surface area contributed by atoms with E-state index in [1.54, 1.807) is 11.3 Å². The van der Waals surface area contributed by atoms with Crippen molar-refractivity contribution in [2.75, 3.05) is 6.54 Å². The zero-order valence-corrected chi connectivity index (χ0v) is 14.0.